The first kappa shape index (κ1) is 18.5. The lowest BCUT2D eigenvalue weighted by molar-refractivity contribution is 0.490. The molecule has 3 heterocycles. The van der Waals surface area contributed by atoms with E-state index in [1.165, 1.54) is 0 Å². The highest BCUT2D eigenvalue weighted by Gasteiger charge is 2.31. The van der Waals surface area contributed by atoms with Gasteiger partial charge in [-0.1, -0.05) is 37.6 Å². The lowest BCUT2D eigenvalue weighted by Gasteiger charge is -2.22. The van der Waals surface area contributed by atoms with Gasteiger partial charge in [-0.25, -0.2) is 4.99 Å². The summed E-state index contributed by atoms with van der Waals surface area (Å²) in [5.41, 5.74) is 2.69. The van der Waals surface area contributed by atoms with Crippen LogP contribution in [0.4, 0.5) is 0 Å². The van der Waals surface area contributed by atoms with E-state index < -0.39 is 0 Å². The number of rotatable bonds is 5. The first-order valence-electron chi connectivity index (χ1n) is 9.11. The first-order chi connectivity index (χ1) is 13.4. The Morgan fingerprint density at radius 3 is 2.61 bits per heavy atom. The Morgan fingerprint density at radius 1 is 1.07 bits per heavy atom. The summed E-state index contributed by atoms with van der Waals surface area (Å²) in [6.45, 7) is 4.84. The average molecular weight is 393 g/mol. The predicted octanol–water partition coefficient (Wildman–Crippen LogP) is 4.00. The molecule has 0 fully saturated rings. The monoisotopic (exact) mass is 392 g/mol. The van der Waals surface area contributed by atoms with E-state index in [0.29, 0.717) is 18.0 Å². The van der Waals surface area contributed by atoms with Gasteiger partial charge in [0.2, 0.25) is 0 Å². The summed E-state index contributed by atoms with van der Waals surface area (Å²) in [5, 5.41) is 9.48. The van der Waals surface area contributed by atoms with E-state index in [1.54, 1.807) is 12.4 Å². The molecular weight excluding hydrogens is 372 g/mol. The van der Waals surface area contributed by atoms with Crippen molar-refractivity contribution in [1.82, 2.24) is 19.7 Å². The Bertz CT molecular complexity index is 1070. The van der Waals surface area contributed by atoms with Gasteiger partial charge in [0.25, 0.3) is 0 Å². The van der Waals surface area contributed by atoms with Crippen molar-refractivity contribution in [2.45, 2.75) is 20.3 Å². The quantitative estimate of drug-likeness (QED) is 0.659. The van der Waals surface area contributed by atoms with Gasteiger partial charge in [-0.2, -0.15) is 0 Å². The number of pyridine rings is 1. The van der Waals surface area contributed by atoms with Crippen molar-refractivity contribution < 1.29 is 0 Å². The Hall–Kier alpha value is -2.86. The summed E-state index contributed by atoms with van der Waals surface area (Å²) in [5.74, 6) is 2.55. The number of aliphatic imine (C=N–C) groups is 2. The molecule has 6 nitrogen and oxygen atoms in total. The zero-order valence-corrected chi connectivity index (χ0v) is 16.9. The third kappa shape index (κ3) is 3.60. The van der Waals surface area contributed by atoms with Crippen molar-refractivity contribution in [2.24, 2.45) is 22.4 Å². The molecule has 1 aliphatic heterocycles. The Labute approximate surface area is 169 Å². The molecule has 0 saturated carbocycles. The molecule has 28 heavy (non-hydrogen) atoms. The molecule has 142 valence electrons. The molecule has 4 rings (SSSR count). The minimum Gasteiger partial charge on any atom is -0.314 e. The van der Waals surface area contributed by atoms with Crippen LogP contribution in [0.3, 0.4) is 0 Å². The molecule has 7 heteroatoms. The molecule has 0 spiro atoms. The minimum atomic E-state index is -0.267. The number of halogens is 1. The maximum Gasteiger partial charge on any atom is 0.163 e. The molecular formula is C21H21ClN6. The lowest BCUT2D eigenvalue weighted by atomic mass is 9.87. The van der Waals surface area contributed by atoms with Gasteiger partial charge < -0.3 is 4.57 Å². The fourth-order valence-corrected chi connectivity index (χ4v) is 3.47. The summed E-state index contributed by atoms with van der Waals surface area (Å²) < 4.78 is 2.02. The summed E-state index contributed by atoms with van der Waals surface area (Å²) in [7, 11) is 1.98. The van der Waals surface area contributed by atoms with Gasteiger partial charge in [0.1, 0.15) is 11.7 Å². The van der Waals surface area contributed by atoms with Crippen molar-refractivity contribution in [3.63, 3.8) is 0 Å². The van der Waals surface area contributed by atoms with E-state index in [9.17, 15) is 0 Å². The molecule has 1 aliphatic rings. The number of hydrogen-bond donors (Lipinski definition) is 0. The van der Waals surface area contributed by atoms with E-state index >= 15 is 0 Å². The highest BCUT2D eigenvalue weighted by Crippen LogP contribution is 2.28. The van der Waals surface area contributed by atoms with Crippen molar-refractivity contribution in [2.75, 3.05) is 6.54 Å². The Morgan fingerprint density at radius 2 is 1.86 bits per heavy atom. The zero-order chi connectivity index (χ0) is 19.7. The molecule has 3 aromatic rings. The molecule has 0 radical (unpaired) electrons. The van der Waals surface area contributed by atoms with Gasteiger partial charge in [0.05, 0.1) is 12.3 Å². The van der Waals surface area contributed by atoms with Crippen LogP contribution in [0, 0.1) is 5.41 Å². The fraction of sp³-hybridized carbons (Fsp3) is 0.286. The number of amidine groups is 1. The van der Waals surface area contributed by atoms with Gasteiger partial charge in [-0.15, -0.1) is 10.2 Å². The summed E-state index contributed by atoms with van der Waals surface area (Å²) in [6, 6.07) is 11.6. The van der Waals surface area contributed by atoms with Crippen LogP contribution in [0.2, 0.25) is 5.02 Å². The molecule has 0 atom stereocenters. The van der Waals surface area contributed by atoms with Gasteiger partial charge in [-0.05, 0) is 29.8 Å². The van der Waals surface area contributed by atoms with Gasteiger partial charge in [0, 0.05) is 41.9 Å². The van der Waals surface area contributed by atoms with Crippen LogP contribution >= 0.6 is 11.6 Å². The van der Waals surface area contributed by atoms with Crippen LogP contribution in [0.15, 0.2) is 58.8 Å². The summed E-state index contributed by atoms with van der Waals surface area (Å²) >= 11 is 6.11. The fourth-order valence-electron chi connectivity index (χ4n) is 3.28. The van der Waals surface area contributed by atoms with Crippen LogP contribution in [0.25, 0.3) is 11.4 Å². The van der Waals surface area contributed by atoms with Crippen LogP contribution in [0.5, 0.6) is 0 Å². The molecule has 0 bridgehead atoms. The maximum absolute atomic E-state index is 6.11. The van der Waals surface area contributed by atoms with Gasteiger partial charge >= 0.3 is 0 Å². The number of hydrogen-bond acceptors (Lipinski definition) is 5. The average Bonchev–Trinajstić information content (AvgIpc) is 3.31. The van der Waals surface area contributed by atoms with Crippen LogP contribution in [-0.4, -0.2) is 37.8 Å². The summed E-state index contributed by atoms with van der Waals surface area (Å²) in [6.07, 6.45) is 4.20. The maximum atomic E-state index is 6.11. The van der Waals surface area contributed by atoms with Gasteiger partial charge in [0.15, 0.2) is 5.82 Å². The van der Waals surface area contributed by atoms with Crippen molar-refractivity contribution in [3.05, 3.63) is 65.2 Å². The second-order valence-electron chi connectivity index (χ2n) is 7.50. The highest BCUT2D eigenvalue weighted by atomic mass is 35.5. The number of benzene rings is 1. The van der Waals surface area contributed by atoms with Crippen molar-refractivity contribution >= 4 is 23.1 Å². The molecule has 0 N–H and O–H groups in total. The third-order valence-corrected chi connectivity index (χ3v) is 5.12. The van der Waals surface area contributed by atoms with E-state index in [1.807, 2.05) is 48.0 Å². The normalized spacial score (nSPS) is 14.1. The molecule has 0 saturated heterocycles. The Kier molecular flexibility index (Phi) is 4.81. The second-order valence-corrected chi connectivity index (χ2v) is 7.94. The molecule has 0 unspecified atom stereocenters. The van der Waals surface area contributed by atoms with Crippen molar-refractivity contribution in [1.29, 1.82) is 0 Å². The van der Waals surface area contributed by atoms with Gasteiger partial charge in [-0.3, -0.25) is 9.98 Å². The predicted molar refractivity (Wildman–Crippen MR) is 112 cm³/mol. The second kappa shape index (κ2) is 7.28. The largest absolute Gasteiger partial charge is 0.314 e. The Balaban J connectivity index is 1.56. The molecule has 2 aromatic heterocycles. The van der Waals surface area contributed by atoms with Crippen LogP contribution in [-0.2, 0) is 13.5 Å². The molecule has 1 aromatic carbocycles. The standard InChI is InChI=1S/C21H21ClN6/c1-21(2,20-24-13-17(25-20)15-5-4-6-16(22)11-15)12-18-26-27-19(28(18)3)14-7-9-23-10-8-14/h4-11H,12-13H2,1-3H3. The highest BCUT2D eigenvalue weighted by molar-refractivity contribution is 6.31. The third-order valence-electron chi connectivity index (χ3n) is 4.89. The van der Waals surface area contributed by atoms with E-state index in [-0.39, 0.29) is 5.41 Å². The van der Waals surface area contributed by atoms with E-state index in [0.717, 1.165) is 34.3 Å². The van der Waals surface area contributed by atoms with Crippen LogP contribution in [0.1, 0.15) is 25.2 Å². The molecule has 0 amide bonds. The topological polar surface area (TPSA) is 68.3 Å². The number of nitrogens with zero attached hydrogens (tertiary/aromatic N) is 6. The molecule has 0 aliphatic carbocycles. The number of aromatic nitrogens is 4. The summed E-state index contributed by atoms with van der Waals surface area (Å²) in [4.78, 5) is 13.6. The van der Waals surface area contributed by atoms with Crippen molar-refractivity contribution in [3.8, 4) is 11.4 Å². The van der Waals surface area contributed by atoms with Crippen LogP contribution < -0.4 is 0 Å². The van der Waals surface area contributed by atoms with E-state index in [2.05, 4.69) is 34.0 Å². The smallest absolute Gasteiger partial charge is 0.163 e. The first-order valence-corrected chi connectivity index (χ1v) is 9.49. The SMILES string of the molecule is Cn1c(CC(C)(C)C2=NCC(c3cccc(Cl)c3)=N2)nnc1-c1ccncc1. The van der Waals surface area contributed by atoms with E-state index in [4.69, 9.17) is 16.6 Å². The zero-order valence-electron chi connectivity index (χ0n) is 16.1. The lowest BCUT2D eigenvalue weighted by Crippen LogP contribution is -2.26. The minimum absolute atomic E-state index is 0.267.